The summed E-state index contributed by atoms with van der Waals surface area (Å²) in [6, 6.07) is 13.7. The van der Waals surface area contributed by atoms with Crippen molar-refractivity contribution < 1.29 is 23.5 Å². The van der Waals surface area contributed by atoms with Crippen molar-refractivity contribution in [3.63, 3.8) is 0 Å². The standard InChI is InChI=1S/C28H28FN3O4S/c1-5-35-26(33)23-16(3)30-17(4)24(27(34)36-6-2)25(23)20-12-7-8-13-21(20)31-28-32-22(15-37-28)18-10-9-11-19(29)14-18/h7-15,23,25H,5-6H2,1-4H3,(H,31,32). The Balaban J connectivity index is 1.77. The Morgan fingerprint density at radius 1 is 1.05 bits per heavy atom. The van der Waals surface area contributed by atoms with Crippen molar-refractivity contribution in [3.05, 3.63) is 76.6 Å². The Kier molecular flexibility index (Phi) is 8.13. The topological polar surface area (TPSA) is 89.9 Å². The van der Waals surface area contributed by atoms with Crippen molar-refractivity contribution in [3.8, 4) is 11.3 Å². The van der Waals surface area contributed by atoms with Crippen molar-refractivity contribution >= 4 is 39.8 Å². The number of halogens is 1. The molecule has 3 aromatic rings. The lowest BCUT2D eigenvalue weighted by atomic mass is 9.75. The molecular formula is C28H28FN3O4S. The molecule has 1 aromatic heterocycles. The van der Waals surface area contributed by atoms with Crippen LogP contribution in [0.5, 0.6) is 0 Å². The highest BCUT2D eigenvalue weighted by molar-refractivity contribution is 7.14. The van der Waals surface area contributed by atoms with Gasteiger partial charge in [-0.05, 0) is 51.5 Å². The predicted molar refractivity (Wildman–Crippen MR) is 143 cm³/mol. The predicted octanol–water partition coefficient (Wildman–Crippen LogP) is 6.27. The molecule has 0 spiro atoms. The number of ether oxygens (including phenoxy) is 2. The van der Waals surface area contributed by atoms with E-state index >= 15 is 0 Å². The molecule has 192 valence electrons. The number of nitrogens with one attached hydrogen (secondary N) is 1. The minimum Gasteiger partial charge on any atom is -0.465 e. The number of nitrogens with zero attached hydrogens (tertiary/aromatic N) is 2. The smallest absolute Gasteiger partial charge is 0.336 e. The van der Waals surface area contributed by atoms with Gasteiger partial charge >= 0.3 is 11.9 Å². The zero-order chi connectivity index (χ0) is 26.5. The van der Waals surface area contributed by atoms with Gasteiger partial charge in [-0.25, -0.2) is 14.2 Å². The Morgan fingerprint density at radius 3 is 2.54 bits per heavy atom. The van der Waals surface area contributed by atoms with Crippen LogP contribution >= 0.6 is 11.3 Å². The van der Waals surface area contributed by atoms with Gasteiger partial charge in [-0.2, -0.15) is 0 Å². The Morgan fingerprint density at radius 2 is 1.81 bits per heavy atom. The second-order valence-corrected chi connectivity index (χ2v) is 9.30. The molecule has 1 aliphatic rings. The van der Waals surface area contributed by atoms with E-state index in [1.165, 1.54) is 23.5 Å². The number of carbonyl (C=O) groups excluding carboxylic acids is 2. The zero-order valence-electron chi connectivity index (χ0n) is 21.1. The van der Waals surface area contributed by atoms with Gasteiger partial charge in [-0.1, -0.05) is 30.3 Å². The second-order valence-electron chi connectivity index (χ2n) is 8.44. The summed E-state index contributed by atoms with van der Waals surface area (Å²) in [5, 5.41) is 5.76. The van der Waals surface area contributed by atoms with Crippen LogP contribution in [0.2, 0.25) is 0 Å². The number of rotatable bonds is 8. The molecule has 4 rings (SSSR count). The lowest BCUT2D eigenvalue weighted by Crippen LogP contribution is -2.36. The maximum Gasteiger partial charge on any atom is 0.336 e. The second kappa shape index (κ2) is 11.5. The fourth-order valence-electron chi connectivity index (χ4n) is 4.49. The number of anilines is 2. The number of carbonyl (C=O) groups is 2. The van der Waals surface area contributed by atoms with E-state index in [9.17, 15) is 14.0 Å². The highest BCUT2D eigenvalue weighted by Gasteiger charge is 2.43. The van der Waals surface area contributed by atoms with Crippen molar-refractivity contribution in [2.24, 2.45) is 10.9 Å². The molecule has 0 saturated heterocycles. The molecule has 2 heterocycles. The first-order chi connectivity index (χ1) is 17.8. The van der Waals surface area contributed by atoms with Crippen LogP contribution in [-0.4, -0.2) is 35.8 Å². The molecule has 2 aromatic carbocycles. The quantitative estimate of drug-likeness (QED) is 0.352. The highest BCUT2D eigenvalue weighted by Crippen LogP contribution is 2.43. The van der Waals surface area contributed by atoms with E-state index in [1.807, 2.05) is 29.6 Å². The van der Waals surface area contributed by atoms with Gasteiger partial charge in [0.1, 0.15) is 11.7 Å². The lowest BCUT2D eigenvalue weighted by Gasteiger charge is -2.32. The molecular weight excluding hydrogens is 493 g/mol. The van der Waals surface area contributed by atoms with Crippen molar-refractivity contribution in [2.75, 3.05) is 18.5 Å². The third kappa shape index (κ3) is 5.61. The Labute approximate surface area is 219 Å². The summed E-state index contributed by atoms with van der Waals surface area (Å²) in [5.74, 6) is -2.79. The minimum absolute atomic E-state index is 0.191. The van der Waals surface area contributed by atoms with E-state index in [4.69, 9.17) is 9.47 Å². The van der Waals surface area contributed by atoms with Crippen LogP contribution in [0.25, 0.3) is 11.3 Å². The maximum absolute atomic E-state index is 13.7. The summed E-state index contributed by atoms with van der Waals surface area (Å²) in [7, 11) is 0. The van der Waals surface area contributed by atoms with Crippen molar-refractivity contribution in [1.82, 2.24) is 4.98 Å². The molecule has 37 heavy (non-hydrogen) atoms. The highest BCUT2D eigenvalue weighted by atomic mass is 32.1. The van der Waals surface area contributed by atoms with E-state index in [1.54, 1.807) is 39.8 Å². The van der Waals surface area contributed by atoms with Gasteiger partial charge in [-0.3, -0.25) is 9.79 Å². The molecule has 0 amide bonds. The summed E-state index contributed by atoms with van der Waals surface area (Å²) in [4.78, 5) is 35.4. The fourth-order valence-corrected chi connectivity index (χ4v) is 5.23. The maximum atomic E-state index is 13.7. The van der Waals surface area contributed by atoms with Gasteiger partial charge in [-0.15, -0.1) is 11.3 Å². The molecule has 9 heteroatoms. The molecule has 0 aliphatic carbocycles. The van der Waals surface area contributed by atoms with Gasteiger partial charge in [0.05, 0.1) is 24.5 Å². The minimum atomic E-state index is -0.801. The molecule has 7 nitrogen and oxygen atoms in total. The fraction of sp³-hybridized carbons (Fsp3) is 0.286. The van der Waals surface area contributed by atoms with Crippen LogP contribution in [0.3, 0.4) is 0 Å². The van der Waals surface area contributed by atoms with Crippen molar-refractivity contribution in [1.29, 1.82) is 0 Å². The summed E-state index contributed by atoms with van der Waals surface area (Å²) in [5.41, 5.74) is 4.07. The van der Waals surface area contributed by atoms with E-state index in [0.717, 1.165) is 0 Å². The van der Waals surface area contributed by atoms with Crippen LogP contribution in [-0.2, 0) is 19.1 Å². The molecule has 0 bridgehead atoms. The number of aromatic nitrogens is 1. The van der Waals surface area contributed by atoms with Crippen LogP contribution in [0.4, 0.5) is 15.2 Å². The lowest BCUT2D eigenvalue weighted by molar-refractivity contribution is -0.146. The number of hydrogen-bond acceptors (Lipinski definition) is 8. The largest absolute Gasteiger partial charge is 0.465 e. The van der Waals surface area contributed by atoms with Gasteiger partial charge < -0.3 is 14.8 Å². The van der Waals surface area contributed by atoms with Gasteiger partial charge in [0.25, 0.3) is 0 Å². The number of hydrogen-bond donors (Lipinski definition) is 1. The molecule has 0 saturated carbocycles. The third-order valence-electron chi connectivity index (χ3n) is 6.03. The monoisotopic (exact) mass is 521 g/mol. The molecule has 0 fully saturated rings. The summed E-state index contributed by atoms with van der Waals surface area (Å²) < 4.78 is 24.5. The average Bonchev–Trinajstić information content (AvgIpc) is 3.33. The van der Waals surface area contributed by atoms with Crippen LogP contribution in [0.15, 0.2) is 70.2 Å². The Bertz CT molecular complexity index is 1380. The molecule has 1 N–H and O–H groups in total. The van der Waals surface area contributed by atoms with E-state index < -0.39 is 23.8 Å². The van der Waals surface area contributed by atoms with Crippen molar-refractivity contribution in [2.45, 2.75) is 33.6 Å². The number of benzene rings is 2. The number of aliphatic imine (C=N–C) groups is 1. The summed E-state index contributed by atoms with van der Waals surface area (Å²) in [6.45, 7) is 7.38. The third-order valence-corrected chi connectivity index (χ3v) is 6.78. The first-order valence-electron chi connectivity index (χ1n) is 12.0. The molecule has 2 atom stereocenters. The van der Waals surface area contributed by atoms with E-state index in [-0.39, 0.29) is 19.0 Å². The van der Waals surface area contributed by atoms with Gasteiger partial charge in [0.15, 0.2) is 5.13 Å². The zero-order valence-corrected chi connectivity index (χ0v) is 21.9. The van der Waals surface area contributed by atoms with Gasteiger partial charge in [0.2, 0.25) is 0 Å². The SMILES string of the molecule is CCOC(=O)C1=C(C)N=C(C)C(C(=O)OCC)C1c1ccccc1Nc1nc(-c2cccc(F)c2)cs1. The number of thiazole rings is 1. The molecule has 1 aliphatic heterocycles. The first kappa shape index (κ1) is 26.2. The van der Waals surface area contributed by atoms with Crippen LogP contribution in [0.1, 0.15) is 39.2 Å². The molecule has 0 radical (unpaired) electrons. The van der Waals surface area contributed by atoms with Crippen LogP contribution in [0, 0.1) is 11.7 Å². The number of esters is 2. The van der Waals surface area contributed by atoms with E-state index in [0.29, 0.717) is 44.6 Å². The summed E-state index contributed by atoms with van der Waals surface area (Å²) in [6.07, 6.45) is 0. The molecule has 2 unspecified atom stereocenters. The van der Waals surface area contributed by atoms with Crippen LogP contribution < -0.4 is 5.32 Å². The van der Waals surface area contributed by atoms with E-state index in [2.05, 4.69) is 15.3 Å². The Hall–Kier alpha value is -3.85. The normalized spacial score (nSPS) is 17.3. The van der Waals surface area contributed by atoms with Gasteiger partial charge in [0, 0.05) is 34.0 Å². The number of para-hydroxylation sites is 1. The number of allylic oxidation sites excluding steroid dienone is 1. The average molecular weight is 522 g/mol. The first-order valence-corrected chi connectivity index (χ1v) is 12.9. The summed E-state index contributed by atoms with van der Waals surface area (Å²) >= 11 is 1.37.